The molecule has 3 nitrogen and oxygen atoms in total. The molecule has 2 aromatic rings. The Morgan fingerprint density at radius 2 is 1.45 bits per heavy atom. The molecule has 0 aliphatic carbocycles. The minimum atomic E-state index is -1.45. The lowest BCUT2D eigenvalue weighted by Gasteiger charge is -2.34. The Balaban J connectivity index is 2.04. The van der Waals surface area contributed by atoms with Gasteiger partial charge in [-0.05, 0) is 13.8 Å². The van der Waals surface area contributed by atoms with E-state index in [9.17, 15) is 5.11 Å². The third-order valence-corrected chi connectivity index (χ3v) is 3.92. The van der Waals surface area contributed by atoms with Gasteiger partial charge in [-0.1, -0.05) is 65.8 Å². The first-order valence-corrected chi connectivity index (χ1v) is 6.66. The molecule has 0 saturated carbocycles. The lowest BCUT2D eigenvalue weighted by atomic mass is 9.74. The first-order valence-electron chi connectivity index (χ1n) is 6.66. The average Bonchev–Trinajstić information content (AvgIpc) is 2.72. The highest BCUT2D eigenvalue weighted by atomic mass is 16.7. The van der Waals surface area contributed by atoms with E-state index in [1.165, 1.54) is 0 Å². The highest BCUT2D eigenvalue weighted by Crippen LogP contribution is 2.47. The van der Waals surface area contributed by atoms with E-state index in [1.807, 2.05) is 74.5 Å². The highest BCUT2D eigenvalue weighted by Gasteiger charge is 2.56. The van der Waals surface area contributed by atoms with Crippen LogP contribution in [-0.4, -0.2) is 10.8 Å². The van der Waals surface area contributed by atoms with Crippen LogP contribution in [0.5, 0.6) is 0 Å². The van der Waals surface area contributed by atoms with E-state index >= 15 is 0 Å². The second kappa shape index (κ2) is 4.46. The molecule has 0 bridgehead atoms. The standard InChI is InChI=1S/C17H17NO2/c1-16(2)15(13-9-5-3-6-10-13)18-20-17(16,19)14-11-7-4-8-12-14/h3-12,19H,1-2H3. The topological polar surface area (TPSA) is 41.8 Å². The van der Waals surface area contributed by atoms with Crippen molar-refractivity contribution in [3.63, 3.8) is 0 Å². The monoisotopic (exact) mass is 267 g/mol. The quantitative estimate of drug-likeness (QED) is 0.907. The number of benzene rings is 2. The predicted octanol–water partition coefficient (Wildman–Crippen LogP) is 3.29. The van der Waals surface area contributed by atoms with E-state index in [4.69, 9.17) is 4.84 Å². The normalized spacial score (nSPS) is 24.1. The molecule has 3 rings (SSSR count). The molecular weight excluding hydrogens is 250 g/mol. The summed E-state index contributed by atoms with van der Waals surface area (Å²) in [5, 5.41) is 15.1. The molecule has 0 fully saturated rings. The smallest absolute Gasteiger partial charge is 0.271 e. The Labute approximate surface area is 118 Å². The van der Waals surface area contributed by atoms with E-state index in [2.05, 4.69) is 5.16 Å². The Morgan fingerprint density at radius 3 is 2.05 bits per heavy atom. The van der Waals surface area contributed by atoms with Crippen molar-refractivity contribution in [2.45, 2.75) is 19.6 Å². The second-order valence-electron chi connectivity index (χ2n) is 5.53. The van der Waals surface area contributed by atoms with Crippen molar-refractivity contribution in [2.75, 3.05) is 0 Å². The van der Waals surface area contributed by atoms with Crippen LogP contribution in [0.3, 0.4) is 0 Å². The van der Waals surface area contributed by atoms with E-state index < -0.39 is 11.2 Å². The van der Waals surface area contributed by atoms with Crippen LogP contribution in [-0.2, 0) is 10.6 Å². The summed E-state index contributed by atoms with van der Waals surface area (Å²) in [6.07, 6.45) is 0. The average molecular weight is 267 g/mol. The summed E-state index contributed by atoms with van der Waals surface area (Å²) in [6, 6.07) is 19.2. The van der Waals surface area contributed by atoms with Gasteiger partial charge < -0.3 is 9.94 Å². The summed E-state index contributed by atoms with van der Waals surface area (Å²) in [5.74, 6) is -1.45. The van der Waals surface area contributed by atoms with E-state index in [1.54, 1.807) is 0 Å². The van der Waals surface area contributed by atoms with E-state index in [0.29, 0.717) is 5.56 Å². The summed E-state index contributed by atoms with van der Waals surface area (Å²) in [7, 11) is 0. The summed E-state index contributed by atoms with van der Waals surface area (Å²) in [6.45, 7) is 3.89. The summed E-state index contributed by atoms with van der Waals surface area (Å²) < 4.78 is 0. The molecule has 1 aliphatic rings. The van der Waals surface area contributed by atoms with Crippen LogP contribution < -0.4 is 0 Å². The fourth-order valence-corrected chi connectivity index (χ4v) is 2.59. The molecule has 1 aliphatic heterocycles. The molecule has 1 atom stereocenters. The molecule has 0 spiro atoms. The molecule has 102 valence electrons. The van der Waals surface area contributed by atoms with Gasteiger partial charge in [-0.2, -0.15) is 0 Å². The van der Waals surface area contributed by atoms with Crippen molar-refractivity contribution >= 4 is 5.71 Å². The first kappa shape index (κ1) is 12.9. The van der Waals surface area contributed by atoms with Crippen LogP contribution in [0.25, 0.3) is 0 Å². The van der Waals surface area contributed by atoms with Gasteiger partial charge in [0.15, 0.2) is 0 Å². The van der Waals surface area contributed by atoms with Gasteiger partial charge in [0.1, 0.15) is 0 Å². The minimum absolute atomic E-state index is 0.643. The third kappa shape index (κ3) is 1.74. The Hall–Kier alpha value is -2.13. The van der Waals surface area contributed by atoms with Gasteiger partial charge in [-0.15, -0.1) is 0 Å². The maximum absolute atomic E-state index is 11.0. The molecule has 0 amide bonds. The molecule has 0 aromatic heterocycles. The molecule has 0 radical (unpaired) electrons. The van der Waals surface area contributed by atoms with Crippen molar-refractivity contribution in [1.29, 1.82) is 0 Å². The number of rotatable bonds is 2. The van der Waals surface area contributed by atoms with Crippen LogP contribution in [0.2, 0.25) is 0 Å². The highest BCUT2D eigenvalue weighted by molar-refractivity contribution is 6.05. The van der Waals surface area contributed by atoms with Gasteiger partial charge >= 0.3 is 0 Å². The van der Waals surface area contributed by atoms with Gasteiger partial charge in [0.25, 0.3) is 5.79 Å². The summed E-state index contributed by atoms with van der Waals surface area (Å²) in [5.41, 5.74) is 1.78. The van der Waals surface area contributed by atoms with Crippen molar-refractivity contribution in [1.82, 2.24) is 0 Å². The Kier molecular flexibility index (Phi) is 2.87. The molecule has 1 unspecified atom stereocenters. The molecule has 1 N–H and O–H groups in total. The fourth-order valence-electron chi connectivity index (χ4n) is 2.59. The van der Waals surface area contributed by atoms with Crippen molar-refractivity contribution < 1.29 is 9.94 Å². The second-order valence-corrected chi connectivity index (χ2v) is 5.53. The third-order valence-electron chi connectivity index (χ3n) is 3.92. The summed E-state index contributed by atoms with van der Waals surface area (Å²) >= 11 is 0. The Morgan fingerprint density at radius 1 is 0.900 bits per heavy atom. The van der Waals surface area contributed by atoms with Crippen molar-refractivity contribution in [3.8, 4) is 0 Å². The van der Waals surface area contributed by atoms with E-state index in [0.717, 1.165) is 11.3 Å². The zero-order valence-electron chi connectivity index (χ0n) is 11.6. The van der Waals surface area contributed by atoms with Crippen LogP contribution in [0, 0.1) is 5.41 Å². The number of hydrogen-bond donors (Lipinski definition) is 1. The zero-order chi connectivity index (χ0) is 14.2. The maximum atomic E-state index is 11.0. The molecule has 2 aromatic carbocycles. The summed E-state index contributed by atoms with van der Waals surface area (Å²) in [4.78, 5) is 5.45. The Bertz CT molecular complexity index is 635. The molecular formula is C17H17NO2. The SMILES string of the molecule is CC1(C)C(c2ccccc2)=NOC1(O)c1ccccc1. The molecule has 1 heterocycles. The fraction of sp³-hybridized carbons (Fsp3) is 0.235. The minimum Gasteiger partial charge on any atom is -0.354 e. The van der Waals surface area contributed by atoms with Crippen molar-refractivity contribution in [2.24, 2.45) is 10.6 Å². The predicted molar refractivity (Wildman–Crippen MR) is 78.2 cm³/mol. The van der Waals surface area contributed by atoms with Gasteiger partial charge in [0.2, 0.25) is 0 Å². The van der Waals surface area contributed by atoms with Gasteiger partial charge in [0, 0.05) is 11.1 Å². The van der Waals surface area contributed by atoms with Crippen LogP contribution >= 0.6 is 0 Å². The lowest BCUT2D eigenvalue weighted by Crippen LogP contribution is -2.43. The first-order chi connectivity index (χ1) is 9.56. The molecule has 20 heavy (non-hydrogen) atoms. The molecule has 0 saturated heterocycles. The van der Waals surface area contributed by atoms with Gasteiger partial charge in [-0.25, -0.2) is 0 Å². The van der Waals surface area contributed by atoms with Crippen molar-refractivity contribution in [3.05, 3.63) is 71.8 Å². The number of oxime groups is 1. The zero-order valence-corrected chi connectivity index (χ0v) is 11.6. The largest absolute Gasteiger partial charge is 0.354 e. The maximum Gasteiger partial charge on any atom is 0.271 e. The van der Waals surface area contributed by atoms with E-state index in [-0.39, 0.29) is 0 Å². The van der Waals surface area contributed by atoms with Gasteiger partial charge in [0.05, 0.1) is 11.1 Å². The number of hydrogen-bond acceptors (Lipinski definition) is 3. The van der Waals surface area contributed by atoms with Crippen LogP contribution in [0.15, 0.2) is 65.8 Å². The van der Waals surface area contributed by atoms with Crippen LogP contribution in [0.4, 0.5) is 0 Å². The van der Waals surface area contributed by atoms with Crippen LogP contribution in [0.1, 0.15) is 25.0 Å². The number of nitrogens with zero attached hydrogens (tertiary/aromatic N) is 1. The van der Waals surface area contributed by atoms with Gasteiger partial charge in [-0.3, -0.25) is 0 Å². The number of aliphatic hydroxyl groups is 1. The molecule has 3 heteroatoms. The lowest BCUT2D eigenvalue weighted by molar-refractivity contribution is -0.239.